The molecule has 1 atom stereocenters. The van der Waals surface area contributed by atoms with E-state index >= 15 is 0 Å². The van der Waals surface area contributed by atoms with E-state index in [1.807, 2.05) is 41.8 Å². The smallest absolute Gasteiger partial charge is 0.475 e. The number of carboxylic acids is 1. The van der Waals surface area contributed by atoms with E-state index in [-0.39, 0.29) is 16.8 Å². The van der Waals surface area contributed by atoms with Gasteiger partial charge in [0.15, 0.2) is 0 Å². The van der Waals surface area contributed by atoms with Crippen LogP contribution in [0.2, 0.25) is 0 Å². The number of aliphatic carboxylic acids is 1. The first-order chi connectivity index (χ1) is 16.0. The summed E-state index contributed by atoms with van der Waals surface area (Å²) in [7, 11) is 0. The van der Waals surface area contributed by atoms with Crippen molar-refractivity contribution in [3.05, 3.63) is 47.1 Å². The van der Waals surface area contributed by atoms with Crippen molar-refractivity contribution in [3.63, 3.8) is 0 Å². The lowest BCUT2D eigenvalue weighted by Crippen LogP contribution is -2.60. The van der Waals surface area contributed by atoms with Crippen LogP contribution in [0.5, 0.6) is 0 Å². The molecule has 8 nitrogen and oxygen atoms in total. The van der Waals surface area contributed by atoms with Crippen molar-refractivity contribution >= 4 is 23.6 Å². The molecule has 0 saturated carbocycles. The highest BCUT2D eigenvalue weighted by atomic mass is 32.2. The fraction of sp³-hybridized carbons (Fsp3) is 0.545. The number of halogens is 3. The average molecular weight is 502 g/mol. The van der Waals surface area contributed by atoms with Gasteiger partial charge in [-0.2, -0.15) is 13.2 Å². The highest BCUT2D eigenvalue weighted by molar-refractivity contribution is 8.01. The lowest BCUT2D eigenvalue weighted by atomic mass is 9.92. The first-order valence-electron chi connectivity index (χ1n) is 10.7. The normalized spacial score (nSPS) is 18.9. The van der Waals surface area contributed by atoms with E-state index < -0.39 is 12.1 Å². The molecular formula is C22H26F3N3O5S. The van der Waals surface area contributed by atoms with Crippen molar-refractivity contribution < 1.29 is 37.1 Å². The number of thioether (sulfide) groups is 1. The predicted molar refractivity (Wildman–Crippen MR) is 117 cm³/mol. The molecule has 2 saturated heterocycles. The van der Waals surface area contributed by atoms with Crippen LogP contribution in [0.1, 0.15) is 47.3 Å². The van der Waals surface area contributed by atoms with Crippen LogP contribution in [0.15, 0.2) is 28.9 Å². The molecule has 4 heterocycles. The summed E-state index contributed by atoms with van der Waals surface area (Å²) in [5.74, 6) is -1.01. The maximum absolute atomic E-state index is 12.9. The number of likely N-dealkylation sites (tertiary alicyclic amines) is 1. The second kappa shape index (κ2) is 10.8. The third-order valence-electron chi connectivity index (χ3n) is 5.48. The predicted octanol–water partition coefficient (Wildman–Crippen LogP) is 3.88. The topological polar surface area (TPSA) is 106 Å². The van der Waals surface area contributed by atoms with Gasteiger partial charge in [0.2, 0.25) is 0 Å². The number of rotatable bonds is 6. The Labute approximate surface area is 198 Å². The average Bonchev–Trinajstić information content (AvgIpc) is 3.36. The molecule has 0 bridgehead atoms. The quantitative estimate of drug-likeness (QED) is 0.636. The minimum atomic E-state index is -5.08. The lowest BCUT2D eigenvalue weighted by molar-refractivity contribution is -0.192. The lowest BCUT2D eigenvalue weighted by Gasteiger charge is -2.47. The van der Waals surface area contributed by atoms with Crippen LogP contribution in [0.4, 0.5) is 13.2 Å². The number of hydrogen-bond donors (Lipinski definition) is 1. The van der Waals surface area contributed by atoms with E-state index in [0.29, 0.717) is 17.9 Å². The summed E-state index contributed by atoms with van der Waals surface area (Å²) < 4.78 is 43.3. The molecule has 0 aliphatic carbocycles. The minimum Gasteiger partial charge on any atom is -0.475 e. The van der Waals surface area contributed by atoms with E-state index in [2.05, 4.69) is 17.1 Å². The number of hydrogen-bond acceptors (Lipinski definition) is 7. The molecule has 4 rings (SSSR count). The fourth-order valence-corrected chi connectivity index (χ4v) is 5.41. The second-order valence-electron chi connectivity index (χ2n) is 8.23. The van der Waals surface area contributed by atoms with E-state index in [9.17, 15) is 18.0 Å². The van der Waals surface area contributed by atoms with E-state index in [1.54, 1.807) is 6.20 Å². The molecule has 0 radical (unpaired) electrons. The third-order valence-corrected chi connectivity index (χ3v) is 7.06. The Kier molecular flexibility index (Phi) is 8.24. The molecule has 1 amide bonds. The van der Waals surface area contributed by atoms with Crippen LogP contribution in [0, 0.1) is 6.92 Å². The Bertz CT molecular complexity index is 993. The van der Waals surface area contributed by atoms with Crippen molar-refractivity contribution in [2.45, 2.75) is 56.7 Å². The van der Waals surface area contributed by atoms with E-state index in [0.717, 1.165) is 49.6 Å². The van der Waals surface area contributed by atoms with Gasteiger partial charge in [-0.25, -0.2) is 4.79 Å². The standard InChI is InChI=1S/C20H25N3O3S.C2HF3O2/c1-3-6-17-18(14(2)22-26-17)19(24)23-12-20(13-23)9-16(11-27-20)25-10-15-7-4-5-8-21-15;3-2(4,5)1(6)7/h4-5,7-8,16H,3,6,9-13H2,1-2H3;(H,6,7). The Morgan fingerprint density at radius 1 is 1.35 bits per heavy atom. The number of aromatic nitrogens is 2. The van der Waals surface area contributed by atoms with Gasteiger partial charge in [0.1, 0.15) is 11.3 Å². The summed E-state index contributed by atoms with van der Waals surface area (Å²) in [6.07, 6.45) is -0.400. The van der Waals surface area contributed by atoms with Gasteiger partial charge in [0.05, 0.1) is 28.8 Å². The van der Waals surface area contributed by atoms with Crippen LogP contribution >= 0.6 is 11.8 Å². The Balaban J connectivity index is 0.000000406. The van der Waals surface area contributed by atoms with Gasteiger partial charge in [-0.05, 0) is 31.9 Å². The molecule has 2 aromatic heterocycles. The zero-order chi connectivity index (χ0) is 24.9. The third kappa shape index (κ3) is 6.29. The molecule has 2 aliphatic heterocycles. The molecule has 2 aromatic rings. The number of amides is 1. The van der Waals surface area contributed by atoms with Crippen LogP contribution in [-0.4, -0.2) is 67.9 Å². The molecule has 1 N–H and O–H groups in total. The summed E-state index contributed by atoms with van der Waals surface area (Å²) in [5, 5.41) is 11.1. The SMILES string of the molecule is CCCc1onc(C)c1C(=O)N1CC2(CC(OCc3ccccn3)CS2)C1.O=C(O)C(F)(F)F. The van der Waals surface area contributed by atoms with Gasteiger partial charge < -0.3 is 19.3 Å². The number of carbonyl (C=O) groups excluding carboxylic acids is 1. The number of carboxylic acid groups (broad SMARTS) is 1. The molecule has 2 aliphatic rings. The van der Waals surface area contributed by atoms with Crippen LogP contribution < -0.4 is 0 Å². The molecule has 2 fully saturated rings. The van der Waals surface area contributed by atoms with Gasteiger partial charge in [0.25, 0.3) is 5.91 Å². The summed E-state index contributed by atoms with van der Waals surface area (Å²) in [6, 6.07) is 5.87. The number of carbonyl (C=O) groups is 2. The maximum atomic E-state index is 12.9. The molecule has 186 valence electrons. The van der Waals surface area contributed by atoms with E-state index in [1.165, 1.54) is 0 Å². The van der Waals surface area contributed by atoms with Gasteiger partial charge in [-0.15, -0.1) is 11.8 Å². The van der Waals surface area contributed by atoms with Crippen LogP contribution in [-0.2, 0) is 22.6 Å². The number of pyridine rings is 1. The Hall–Kier alpha value is -2.60. The Morgan fingerprint density at radius 3 is 2.65 bits per heavy atom. The van der Waals surface area contributed by atoms with Crippen molar-refractivity contribution in [2.75, 3.05) is 18.8 Å². The number of nitrogens with zero attached hydrogens (tertiary/aromatic N) is 3. The van der Waals surface area contributed by atoms with Crippen LogP contribution in [0.3, 0.4) is 0 Å². The summed E-state index contributed by atoms with van der Waals surface area (Å²) in [4.78, 5) is 28.0. The Morgan fingerprint density at radius 2 is 2.06 bits per heavy atom. The van der Waals surface area contributed by atoms with Crippen molar-refractivity contribution in [1.29, 1.82) is 0 Å². The summed E-state index contributed by atoms with van der Waals surface area (Å²) in [5.41, 5.74) is 2.32. The molecule has 0 aromatic carbocycles. The van der Waals surface area contributed by atoms with Crippen molar-refractivity contribution in [3.8, 4) is 0 Å². The first-order valence-corrected chi connectivity index (χ1v) is 11.7. The van der Waals surface area contributed by atoms with Crippen molar-refractivity contribution in [1.82, 2.24) is 15.0 Å². The number of alkyl halides is 3. The van der Waals surface area contributed by atoms with Gasteiger partial charge in [0, 0.05) is 31.5 Å². The zero-order valence-corrected chi connectivity index (χ0v) is 19.6. The largest absolute Gasteiger partial charge is 0.490 e. The molecular weight excluding hydrogens is 475 g/mol. The highest BCUT2D eigenvalue weighted by Gasteiger charge is 2.51. The molecule has 1 spiro atoms. The highest BCUT2D eigenvalue weighted by Crippen LogP contribution is 2.46. The van der Waals surface area contributed by atoms with E-state index in [4.69, 9.17) is 19.2 Å². The van der Waals surface area contributed by atoms with Crippen LogP contribution in [0.25, 0.3) is 0 Å². The fourth-order valence-electron chi connectivity index (χ4n) is 3.86. The first kappa shape index (κ1) is 26.0. The number of ether oxygens (including phenoxy) is 1. The second-order valence-corrected chi connectivity index (χ2v) is 9.72. The zero-order valence-electron chi connectivity index (χ0n) is 18.8. The minimum absolute atomic E-state index is 0.0567. The monoisotopic (exact) mass is 501 g/mol. The molecule has 12 heteroatoms. The molecule has 1 unspecified atom stereocenters. The van der Waals surface area contributed by atoms with Gasteiger partial charge in [-0.3, -0.25) is 9.78 Å². The maximum Gasteiger partial charge on any atom is 0.490 e. The summed E-state index contributed by atoms with van der Waals surface area (Å²) in [6.45, 7) is 6.01. The van der Waals surface area contributed by atoms with Crippen molar-refractivity contribution in [2.24, 2.45) is 0 Å². The summed E-state index contributed by atoms with van der Waals surface area (Å²) >= 11 is 1.93. The van der Waals surface area contributed by atoms with Gasteiger partial charge in [-0.1, -0.05) is 18.1 Å². The number of aryl methyl sites for hydroxylation is 2. The van der Waals surface area contributed by atoms with Gasteiger partial charge >= 0.3 is 12.1 Å². The molecule has 34 heavy (non-hydrogen) atoms.